The summed E-state index contributed by atoms with van der Waals surface area (Å²) in [5.41, 5.74) is 5.93. The van der Waals surface area contributed by atoms with Crippen LogP contribution in [0.5, 0.6) is 0 Å². The third-order valence-electron chi connectivity index (χ3n) is 2.05. The average molecular weight is 273 g/mol. The number of hydrogen-bond donors (Lipinski definition) is 2. The van der Waals surface area contributed by atoms with Crippen LogP contribution in [-0.2, 0) is 4.79 Å². The normalized spacial score (nSPS) is 12.3. The van der Waals surface area contributed by atoms with E-state index in [0.29, 0.717) is 0 Å². The van der Waals surface area contributed by atoms with E-state index in [1.165, 1.54) is 4.90 Å². The van der Waals surface area contributed by atoms with Gasteiger partial charge in [0.25, 0.3) is 5.91 Å². The fraction of sp³-hybridized carbons (Fsp3) is 0.300. The minimum Gasteiger partial charge on any atom is -0.382 e. The molecule has 15 heavy (non-hydrogen) atoms. The Bertz CT molecular complexity index is 340. The Kier molecular flexibility index (Phi) is 4.26. The molecular weight excluding hydrogens is 260 g/mol. The number of rotatable bonds is 3. The number of aliphatic hydroxyl groups is 1. The second-order valence-corrected chi connectivity index (χ2v) is 4.04. The van der Waals surface area contributed by atoms with E-state index in [4.69, 9.17) is 5.73 Å². The highest BCUT2D eigenvalue weighted by Crippen LogP contribution is 2.17. The van der Waals surface area contributed by atoms with Gasteiger partial charge in [0.1, 0.15) is 6.10 Å². The van der Waals surface area contributed by atoms with Crippen LogP contribution < -0.4 is 10.6 Å². The number of nitrogens with two attached hydrogens (primary N) is 1. The van der Waals surface area contributed by atoms with Gasteiger partial charge in [-0.3, -0.25) is 4.79 Å². The van der Waals surface area contributed by atoms with Crippen molar-refractivity contribution in [3.63, 3.8) is 0 Å². The Labute approximate surface area is 96.8 Å². The number of nitrogens with zero attached hydrogens (tertiary/aromatic N) is 1. The summed E-state index contributed by atoms with van der Waals surface area (Å²) in [5, 5.41) is 9.29. The van der Waals surface area contributed by atoms with Crippen molar-refractivity contribution in [1.29, 1.82) is 0 Å². The maximum atomic E-state index is 11.5. The van der Waals surface area contributed by atoms with Gasteiger partial charge in [-0.05, 0) is 24.3 Å². The molecule has 1 unspecified atom stereocenters. The summed E-state index contributed by atoms with van der Waals surface area (Å²) in [5.74, 6) is -0.403. The van der Waals surface area contributed by atoms with Crippen LogP contribution in [0.3, 0.4) is 0 Å². The maximum absolute atomic E-state index is 11.5. The molecule has 4 nitrogen and oxygen atoms in total. The van der Waals surface area contributed by atoms with E-state index >= 15 is 0 Å². The molecule has 0 spiro atoms. The third kappa shape index (κ3) is 3.02. The summed E-state index contributed by atoms with van der Waals surface area (Å²) < 4.78 is 0.937. The fourth-order valence-electron chi connectivity index (χ4n) is 1.12. The predicted octanol–water partition coefficient (Wildman–Crippen LogP) is 0.731. The Hall–Kier alpha value is -0.910. The zero-order chi connectivity index (χ0) is 11.4. The minimum absolute atomic E-state index is 0.0697. The smallest absolute Gasteiger partial charge is 0.256 e. The van der Waals surface area contributed by atoms with Gasteiger partial charge >= 0.3 is 0 Å². The van der Waals surface area contributed by atoms with E-state index in [1.807, 2.05) is 12.1 Å². The van der Waals surface area contributed by atoms with Crippen molar-refractivity contribution in [2.45, 2.75) is 6.10 Å². The van der Waals surface area contributed by atoms with Gasteiger partial charge < -0.3 is 15.7 Å². The highest BCUT2D eigenvalue weighted by atomic mass is 79.9. The first-order valence-corrected chi connectivity index (χ1v) is 5.27. The van der Waals surface area contributed by atoms with Gasteiger partial charge in [-0.25, -0.2) is 0 Å². The van der Waals surface area contributed by atoms with Crippen molar-refractivity contribution in [3.05, 3.63) is 28.7 Å². The largest absolute Gasteiger partial charge is 0.382 e. The summed E-state index contributed by atoms with van der Waals surface area (Å²) in [6.45, 7) is -0.0697. The number of hydrogen-bond acceptors (Lipinski definition) is 3. The fourth-order valence-corrected chi connectivity index (χ4v) is 1.38. The van der Waals surface area contributed by atoms with Crippen LogP contribution in [0.25, 0.3) is 0 Å². The van der Waals surface area contributed by atoms with E-state index in [2.05, 4.69) is 15.9 Å². The molecule has 0 aromatic heterocycles. The minimum atomic E-state index is -1.14. The molecule has 0 heterocycles. The van der Waals surface area contributed by atoms with Gasteiger partial charge in [0, 0.05) is 23.8 Å². The molecule has 1 rings (SSSR count). The van der Waals surface area contributed by atoms with E-state index in [-0.39, 0.29) is 6.54 Å². The summed E-state index contributed by atoms with van der Waals surface area (Å²) in [4.78, 5) is 12.9. The molecule has 1 atom stereocenters. The van der Waals surface area contributed by atoms with E-state index in [1.54, 1.807) is 19.2 Å². The molecule has 0 bridgehead atoms. The van der Waals surface area contributed by atoms with Crippen molar-refractivity contribution in [3.8, 4) is 0 Å². The van der Waals surface area contributed by atoms with Crippen LogP contribution in [0.2, 0.25) is 0 Å². The number of amides is 1. The molecule has 1 amide bonds. The van der Waals surface area contributed by atoms with Crippen LogP contribution in [0.15, 0.2) is 28.7 Å². The lowest BCUT2D eigenvalue weighted by Gasteiger charge is -2.19. The van der Waals surface area contributed by atoms with E-state index < -0.39 is 12.0 Å². The first-order valence-electron chi connectivity index (χ1n) is 4.47. The highest BCUT2D eigenvalue weighted by molar-refractivity contribution is 9.10. The quantitative estimate of drug-likeness (QED) is 0.853. The van der Waals surface area contributed by atoms with E-state index in [9.17, 15) is 9.90 Å². The van der Waals surface area contributed by atoms with Crippen LogP contribution in [0, 0.1) is 0 Å². The molecule has 0 aliphatic heterocycles. The number of benzene rings is 1. The average Bonchev–Trinajstić information content (AvgIpc) is 2.27. The summed E-state index contributed by atoms with van der Waals surface area (Å²) in [6, 6.07) is 7.22. The molecule has 0 aliphatic carbocycles. The molecule has 0 radical (unpaired) electrons. The van der Waals surface area contributed by atoms with Crippen molar-refractivity contribution in [2.75, 3.05) is 18.5 Å². The van der Waals surface area contributed by atoms with Crippen LogP contribution >= 0.6 is 15.9 Å². The van der Waals surface area contributed by atoms with Crippen molar-refractivity contribution < 1.29 is 9.90 Å². The lowest BCUT2D eigenvalue weighted by atomic mass is 10.2. The lowest BCUT2D eigenvalue weighted by Crippen LogP contribution is -2.40. The Balaban J connectivity index is 2.80. The maximum Gasteiger partial charge on any atom is 0.256 e. The second kappa shape index (κ2) is 5.25. The lowest BCUT2D eigenvalue weighted by molar-refractivity contribution is -0.125. The van der Waals surface area contributed by atoms with E-state index in [0.717, 1.165) is 10.2 Å². The standard InChI is InChI=1S/C10H13BrN2O2/c1-13(10(15)9(14)6-12)8-4-2-7(11)3-5-8/h2-5,9,14H,6,12H2,1H3. The Morgan fingerprint density at radius 2 is 2.07 bits per heavy atom. The van der Waals surface area contributed by atoms with Crippen LogP contribution in [0.4, 0.5) is 5.69 Å². The predicted molar refractivity (Wildman–Crippen MR) is 62.6 cm³/mol. The summed E-state index contributed by atoms with van der Waals surface area (Å²) >= 11 is 3.30. The zero-order valence-corrected chi connectivity index (χ0v) is 9.94. The molecule has 82 valence electrons. The van der Waals surface area contributed by atoms with Crippen molar-refractivity contribution >= 4 is 27.5 Å². The molecule has 0 saturated carbocycles. The number of carbonyl (C=O) groups excluding carboxylic acids is 1. The number of anilines is 1. The van der Waals surface area contributed by atoms with Gasteiger partial charge in [0.15, 0.2) is 0 Å². The molecular formula is C10H13BrN2O2. The van der Waals surface area contributed by atoms with Gasteiger partial charge in [-0.15, -0.1) is 0 Å². The van der Waals surface area contributed by atoms with Gasteiger partial charge in [0.2, 0.25) is 0 Å². The van der Waals surface area contributed by atoms with Crippen molar-refractivity contribution in [2.24, 2.45) is 5.73 Å². The molecule has 0 aliphatic rings. The van der Waals surface area contributed by atoms with Crippen LogP contribution in [0.1, 0.15) is 0 Å². The number of halogens is 1. The first-order chi connectivity index (χ1) is 7.06. The zero-order valence-electron chi connectivity index (χ0n) is 8.35. The summed E-state index contributed by atoms with van der Waals surface area (Å²) in [6.07, 6.45) is -1.14. The SMILES string of the molecule is CN(C(=O)C(O)CN)c1ccc(Br)cc1. The Morgan fingerprint density at radius 1 is 1.53 bits per heavy atom. The monoisotopic (exact) mass is 272 g/mol. The van der Waals surface area contributed by atoms with Gasteiger partial charge in [-0.1, -0.05) is 15.9 Å². The Morgan fingerprint density at radius 3 is 2.53 bits per heavy atom. The second-order valence-electron chi connectivity index (χ2n) is 3.13. The molecule has 0 saturated heterocycles. The van der Waals surface area contributed by atoms with Crippen molar-refractivity contribution in [1.82, 2.24) is 0 Å². The summed E-state index contributed by atoms with van der Waals surface area (Å²) in [7, 11) is 1.60. The molecule has 3 N–H and O–H groups in total. The molecule has 1 aromatic carbocycles. The first kappa shape index (κ1) is 12.2. The topological polar surface area (TPSA) is 66.6 Å². The molecule has 1 aromatic rings. The van der Waals surface area contributed by atoms with Crippen LogP contribution in [-0.4, -0.2) is 30.7 Å². The number of likely N-dealkylation sites (N-methyl/N-ethyl adjacent to an activating group) is 1. The number of carbonyl (C=O) groups is 1. The number of aliphatic hydroxyl groups excluding tert-OH is 1. The molecule has 0 fully saturated rings. The third-order valence-corrected chi connectivity index (χ3v) is 2.58. The van der Waals surface area contributed by atoms with Gasteiger partial charge in [0.05, 0.1) is 0 Å². The molecule has 5 heteroatoms. The van der Waals surface area contributed by atoms with Gasteiger partial charge in [-0.2, -0.15) is 0 Å². The highest BCUT2D eigenvalue weighted by Gasteiger charge is 2.18.